The van der Waals surface area contributed by atoms with Gasteiger partial charge in [-0.3, -0.25) is 4.99 Å². The predicted molar refractivity (Wildman–Crippen MR) is 52.6 cm³/mol. The van der Waals surface area contributed by atoms with Crippen molar-refractivity contribution in [3.05, 3.63) is 11.6 Å². The first-order valence-electron chi connectivity index (χ1n) is 4.83. The highest BCUT2D eigenvalue weighted by Gasteiger charge is 2.30. The second-order valence-electron chi connectivity index (χ2n) is 4.93. The van der Waals surface area contributed by atoms with Crippen molar-refractivity contribution in [1.29, 1.82) is 0 Å². The van der Waals surface area contributed by atoms with Crippen LogP contribution in [-0.4, -0.2) is 12.3 Å². The molecule has 0 radical (unpaired) electrons. The second-order valence-corrected chi connectivity index (χ2v) is 4.93. The Morgan fingerprint density at radius 3 is 2.42 bits per heavy atom. The number of nitrogens with zero attached hydrogens (tertiary/aromatic N) is 1. The number of aliphatic imine (C=N–C) groups is 1. The number of rotatable bonds is 1. The number of allylic oxidation sites excluding steroid dienone is 1. The van der Waals surface area contributed by atoms with Gasteiger partial charge in [-0.1, -0.05) is 20.8 Å². The first-order valence-corrected chi connectivity index (χ1v) is 4.83. The molecule has 0 N–H and O–H groups in total. The molecule has 0 saturated heterocycles. The lowest BCUT2D eigenvalue weighted by Gasteiger charge is -2.18. The lowest BCUT2D eigenvalue weighted by Crippen LogP contribution is -2.10. The van der Waals surface area contributed by atoms with Gasteiger partial charge in [0.1, 0.15) is 0 Å². The molecule has 1 nitrogen and oxygen atoms in total. The van der Waals surface area contributed by atoms with Crippen LogP contribution in [0.4, 0.5) is 0 Å². The van der Waals surface area contributed by atoms with Gasteiger partial charge < -0.3 is 0 Å². The fourth-order valence-electron chi connectivity index (χ4n) is 1.53. The van der Waals surface area contributed by atoms with Crippen molar-refractivity contribution in [3.63, 3.8) is 0 Å². The summed E-state index contributed by atoms with van der Waals surface area (Å²) in [5.74, 6) is 0.824. The monoisotopic (exact) mass is 163 g/mol. The van der Waals surface area contributed by atoms with E-state index in [1.54, 1.807) is 0 Å². The van der Waals surface area contributed by atoms with Gasteiger partial charge in [-0.2, -0.15) is 0 Å². The minimum atomic E-state index is 0.320. The van der Waals surface area contributed by atoms with Gasteiger partial charge in [0, 0.05) is 11.6 Å². The molecule has 1 fully saturated rings. The fraction of sp³-hybridized carbons (Fsp3) is 0.727. The number of hydrogen-bond acceptors (Lipinski definition) is 1. The summed E-state index contributed by atoms with van der Waals surface area (Å²) in [6.45, 7) is 7.76. The summed E-state index contributed by atoms with van der Waals surface area (Å²) in [6, 6.07) is 0. The van der Waals surface area contributed by atoms with Gasteiger partial charge in [-0.05, 0) is 29.9 Å². The van der Waals surface area contributed by atoms with E-state index in [1.807, 2.05) is 0 Å². The normalized spacial score (nSPS) is 23.9. The summed E-state index contributed by atoms with van der Waals surface area (Å²) in [4.78, 5) is 4.57. The highest BCUT2D eigenvalue weighted by atomic mass is 14.8. The quantitative estimate of drug-likeness (QED) is 0.563. The Morgan fingerprint density at radius 2 is 2.00 bits per heavy atom. The van der Waals surface area contributed by atoms with Gasteiger partial charge in [0.15, 0.2) is 0 Å². The van der Waals surface area contributed by atoms with Crippen molar-refractivity contribution < 1.29 is 0 Å². The van der Waals surface area contributed by atoms with Gasteiger partial charge in [-0.25, -0.2) is 0 Å². The highest BCUT2D eigenvalue weighted by Crippen LogP contribution is 2.36. The third kappa shape index (κ3) is 1.45. The van der Waals surface area contributed by atoms with Crippen LogP contribution >= 0.6 is 0 Å². The van der Waals surface area contributed by atoms with E-state index in [-0.39, 0.29) is 0 Å². The molecule has 1 heteroatoms. The van der Waals surface area contributed by atoms with E-state index in [9.17, 15) is 0 Å². The van der Waals surface area contributed by atoms with Gasteiger partial charge in [0.2, 0.25) is 0 Å². The van der Waals surface area contributed by atoms with E-state index < -0.39 is 0 Å². The molecule has 2 rings (SSSR count). The molecule has 1 aliphatic carbocycles. The Labute approximate surface area is 74.6 Å². The van der Waals surface area contributed by atoms with Crippen LogP contribution in [0.3, 0.4) is 0 Å². The molecule has 0 aromatic carbocycles. The third-order valence-electron chi connectivity index (χ3n) is 2.71. The van der Waals surface area contributed by atoms with Gasteiger partial charge in [0.25, 0.3) is 0 Å². The van der Waals surface area contributed by atoms with Crippen LogP contribution in [0.15, 0.2) is 16.6 Å². The van der Waals surface area contributed by atoms with Crippen molar-refractivity contribution >= 4 is 5.71 Å². The predicted octanol–water partition coefficient (Wildman–Crippen LogP) is 2.82. The van der Waals surface area contributed by atoms with Crippen LogP contribution in [0.5, 0.6) is 0 Å². The van der Waals surface area contributed by atoms with Crippen LogP contribution in [-0.2, 0) is 0 Å². The largest absolute Gasteiger partial charge is 0.285 e. The van der Waals surface area contributed by atoms with E-state index in [4.69, 9.17) is 0 Å². The first-order chi connectivity index (χ1) is 5.57. The zero-order valence-corrected chi connectivity index (χ0v) is 8.22. The SMILES string of the molecule is CC(C)(C)C1=CC(C2CC2)=NC1. The van der Waals surface area contributed by atoms with Crippen LogP contribution in [0.2, 0.25) is 0 Å². The maximum atomic E-state index is 4.57. The maximum absolute atomic E-state index is 4.57. The van der Waals surface area contributed by atoms with Crippen LogP contribution in [0, 0.1) is 11.3 Å². The Morgan fingerprint density at radius 1 is 1.33 bits per heavy atom. The minimum Gasteiger partial charge on any atom is -0.285 e. The molecule has 12 heavy (non-hydrogen) atoms. The second kappa shape index (κ2) is 2.45. The van der Waals surface area contributed by atoms with E-state index in [0.717, 1.165) is 12.5 Å². The summed E-state index contributed by atoms with van der Waals surface area (Å²) < 4.78 is 0. The van der Waals surface area contributed by atoms with Gasteiger partial charge in [0.05, 0.1) is 6.54 Å². The minimum absolute atomic E-state index is 0.320. The molecule has 0 aromatic rings. The summed E-state index contributed by atoms with van der Waals surface area (Å²) in [6.07, 6.45) is 5.07. The maximum Gasteiger partial charge on any atom is 0.0611 e. The lowest BCUT2D eigenvalue weighted by atomic mass is 9.86. The van der Waals surface area contributed by atoms with E-state index in [1.165, 1.54) is 24.1 Å². The molecule has 0 unspecified atom stereocenters. The fourth-order valence-corrected chi connectivity index (χ4v) is 1.53. The lowest BCUT2D eigenvalue weighted by molar-refractivity contribution is 0.499. The molecule has 0 spiro atoms. The average molecular weight is 163 g/mol. The van der Waals surface area contributed by atoms with Crippen molar-refractivity contribution in [1.82, 2.24) is 0 Å². The van der Waals surface area contributed by atoms with Crippen LogP contribution in [0.25, 0.3) is 0 Å². The van der Waals surface area contributed by atoms with Gasteiger partial charge >= 0.3 is 0 Å². The Bertz CT molecular complexity index is 249. The van der Waals surface area contributed by atoms with E-state index >= 15 is 0 Å². The standard InChI is InChI=1S/C11H17N/c1-11(2,3)9-6-10(12-7-9)8-4-5-8/h6,8H,4-5,7H2,1-3H3. The third-order valence-corrected chi connectivity index (χ3v) is 2.71. The molecular formula is C11H17N. The van der Waals surface area contributed by atoms with E-state index in [2.05, 4.69) is 31.8 Å². The van der Waals surface area contributed by atoms with Crippen molar-refractivity contribution in [2.75, 3.05) is 6.54 Å². The number of hydrogen-bond donors (Lipinski definition) is 0. The molecule has 0 atom stereocenters. The Hall–Kier alpha value is -0.590. The van der Waals surface area contributed by atoms with Crippen molar-refractivity contribution in [2.45, 2.75) is 33.6 Å². The Kier molecular flexibility index (Phi) is 1.64. The van der Waals surface area contributed by atoms with E-state index in [0.29, 0.717) is 5.41 Å². The highest BCUT2D eigenvalue weighted by molar-refractivity contribution is 6.00. The smallest absolute Gasteiger partial charge is 0.0611 e. The summed E-state index contributed by atoms with van der Waals surface area (Å²) in [5.41, 5.74) is 3.20. The van der Waals surface area contributed by atoms with Crippen LogP contribution in [0.1, 0.15) is 33.6 Å². The van der Waals surface area contributed by atoms with Crippen molar-refractivity contribution in [3.8, 4) is 0 Å². The first kappa shape index (κ1) is 8.03. The van der Waals surface area contributed by atoms with Crippen LogP contribution < -0.4 is 0 Å². The Balaban J connectivity index is 2.10. The molecule has 2 aliphatic rings. The summed E-state index contributed by atoms with van der Waals surface area (Å²) in [7, 11) is 0. The zero-order chi connectivity index (χ0) is 8.77. The van der Waals surface area contributed by atoms with Gasteiger partial charge in [-0.15, -0.1) is 0 Å². The topological polar surface area (TPSA) is 12.4 Å². The molecule has 66 valence electrons. The average Bonchev–Trinajstić information content (AvgIpc) is 2.66. The molecule has 1 aliphatic heterocycles. The summed E-state index contributed by atoms with van der Waals surface area (Å²) in [5, 5.41) is 0. The molecule has 1 heterocycles. The van der Waals surface area contributed by atoms with Crippen molar-refractivity contribution in [2.24, 2.45) is 16.3 Å². The molecule has 0 amide bonds. The zero-order valence-electron chi connectivity index (χ0n) is 8.22. The molecule has 1 saturated carbocycles. The molecule has 0 bridgehead atoms. The molecule has 0 aromatic heterocycles. The molecular weight excluding hydrogens is 146 g/mol. The summed E-state index contributed by atoms with van der Waals surface area (Å²) >= 11 is 0.